The van der Waals surface area contributed by atoms with Crippen LogP contribution < -0.4 is 0 Å². The van der Waals surface area contributed by atoms with Crippen LogP contribution in [0.5, 0.6) is 0 Å². The molecule has 2 rings (SSSR count). The molecule has 2 heteroatoms. The highest BCUT2D eigenvalue weighted by molar-refractivity contribution is 5.13. The first-order valence-corrected chi connectivity index (χ1v) is 6.07. The molecule has 1 aliphatic rings. The van der Waals surface area contributed by atoms with E-state index in [4.69, 9.17) is 9.84 Å². The Labute approximate surface area is 97.3 Å². The molecule has 1 aliphatic carbocycles. The highest BCUT2D eigenvalue weighted by atomic mass is 16.5. The third-order valence-corrected chi connectivity index (χ3v) is 3.40. The van der Waals surface area contributed by atoms with Crippen LogP contribution in [0.15, 0.2) is 30.3 Å². The quantitative estimate of drug-likeness (QED) is 0.716. The van der Waals surface area contributed by atoms with E-state index in [0.29, 0.717) is 13.2 Å². The number of ether oxygens (including phenoxy) is 1. The second-order valence-corrected chi connectivity index (χ2v) is 4.80. The fraction of sp³-hybridized carbons (Fsp3) is 0.571. The Kier molecular flexibility index (Phi) is 3.97. The highest BCUT2D eigenvalue weighted by Gasteiger charge is 2.40. The van der Waals surface area contributed by atoms with Crippen molar-refractivity contribution < 1.29 is 9.84 Å². The first-order valence-electron chi connectivity index (χ1n) is 6.07. The average molecular weight is 220 g/mol. The van der Waals surface area contributed by atoms with Crippen molar-refractivity contribution in [2.45, 2.75) is 32.3 Å². The van der Waals surface area contributed by atoms with Crippen LogP contribution in [0.3, 0.4) is 0 Å². The standard InChI is InChI=1S/C14H20O2/c15-12-14(8-9-14)7-4-10-16-11-13-5-2-1-3-6-13/h1-3,5-6,15H,4,7-12H2. The van der Waals surface area contributed by atoms with Gasteiger partial charge in [-0.05, 0) is 36.7 Å². The van der Waals surface area contributed by atoms with Gasteiger partial charge >= 0.3 is 0 Å². The average Bonchev–Trinajstić information content (AvgIpc) is 3.11. The fourth-order valence-electron chi connectivity index (χ4n) is 1.98. The molecule has 0 aliphatic heterocycles. The van der Waals surface area contributed by atoms with Crippen LogP contribution in [0.25, 0.3) is 0 Å². The molecule has 88 valence electrons. The lowest BCUT2D eigenvalue weighted by Gasteiger charge is -2.10. The predicted molar refractivity (Wildman–Crippen MR) is 64.1 cm³/mol. The number of aliphatic hydroxyl groups is 1. The third kappa shape index (κ3) is 3.32. The Morgan fingerprint density at radius 2 is 1.94 bits per heavy atom. The zero-order valence-corrected chi connectivity index (χ0v) is 9.69. The second kappa shape index (κ2) is 5.46. The zero-order valence-electron chi connectivity index (χ0n) is 9.69. The van der Waals surface area contributed by atoms with Crippen molar-refractivity contribution in [1.82, 2.24) is 0 Å². The van der Waals surface area contributed by atoms with Gasteiger partial charge in [0.1, 0.15) is 0 Å². The van der Waals surface area contributed by atoms with E-state index in [1.807, 2.05) is 18.2 Å². The molecule has 0 amide bonds. The van der Waals surface area contributed by atoms with Crippen molar-refractivity contribution in [2.24, 2.45) is 5.41 Å². The zero-order chi connectivity index (χ0) is 11.3. The van der Waals surface area contributed by atoms with Gasteiger partial charge in [0.2, 0.25) is 0 Å². The molecule has 1 aromatic carbocycles. The topological polar surface area (TPSA) is 29.5 Å². The van der Waals surface area contributed by atoms with Gasteiger partial charge in [-0.25, -0.2) is 0 Å². The minimum absolute atomic E-state index is 0.274. The van der Waals surface area contributed by atoms with Gasteiger partial charge in [-0.1, -0.05) is 30.3 Å². The predicted octanol–water partition coefficient (Wildman–Crippen LogP) is 2.76. The van der Waals surface area contributed by atoms with Gasteiger partial charge < -0.3 is 9.84 Å². The summed E-state index contributed by atoms with van der Waals surface area (Å²) >= 11 is 0. The summed E-state index contributed by atoms with van der Waals surface area (Å²) in [4.78, 5) is 0. The molecule has 2 nitrogen and oxygen atoms in total. The molecule has 0 radical (unpaired) electrons. The lowest BCUT2D eigenvalue weighted by Crippen LogP contribution is -2.07. The van der Waals surface area contributed by atoms with Crippen LogP contribution in [0, 0.1) is 5.41 Å². The summed E-state index contributed by atoms with van der Waals surface area (Å²) in [7, 11) is 0. The molecular formula is C14H20O2. The molecule has 0 heterocycles. The van der Waals surface area contributed by atoms with Crippen LogP contribution in [0.1, 0.15) is 31.2 Å². The maximum atomic E-state index is 9.15. The number of benzene rings is 1. The molecule has 1 aromatic rings. The molecule has 0 unspecified atom stereocenters. The van der Waals surface area contributed by atoms with Crippen LogP contribution >= 0.6 is 0 Å². The van der Waals surface area contributed by atoms with E-state index in [2.05, 4.69) is 12.1 Å². The van der Waals surface area contributed by atoms with E-state index in [1.54, 1.807) is 0 Å². The number of aliphatic hydroxyl groups excluding tert-OH is 1. The summed E-state index contributed by atoms with van der Waals surface area (Å²) in [6, 6.07) is 10.2. The van der Waals surface area contributed by atoms with Gasteiger partial charge in [-0.3, -0.25) is 0 Å². The minimum Gasteiger partial charge on any atom is -0.396 e. The lowest BCUT2D eigenvalue weighted by molar-refractivity contribution is 0.106. The monoisotopic (exact) mass is 220 g/mol. The first kappa shape index (κ1) is 11.6. The van der Waals surface area contributed by atoms with Gasteiger partial charge in [0.25, 0.3) is 0 Å². The highest BCUT2D eigenvalue weighted by Crippen LogP contribution is 2.48. The maximum Gasteiger partial charge on any atom is 0.0716 e. The van der Waals surface area contributed by atoms with Gasteiger partial charge in [0.05, 0.1) is 6.61 Å². The van der Waals surface area contributed by atoms with Crippen molar-refractivity contribution in [3.05, 3.63) is 35.9 Å². The van der Waals surface area contributed by atoms with Gasteiger partial charge in [0.15, 0.2) is 0 Å². The van der Waals surface area contributed by atoms with E-state index >= 15 is 0 Å². The smallest absolute Gasteiger partial charge is 0.0716 e. The Balaban J connectivity index is 1.56. The van der Waals surface area contributed by atoms with Crippen LogP contribution in [-0.2, 0) is 11.3 Å². The summed E-state index contributed by atoms with van der Waals surface area (Å²) in [5.74, 6) is 0. The molecule has 0 bridgehead atoms. The molecule has 1 fully saturated rings. The van der Waals surface area contributed by atoms with Crippen LogP contribution in [-0.4, -0.2) is 18.3 Å². The van der Waals surface area contributed by atoms with Gasteiger partial charge in [-0.15, -0.1) is 0 Å². The molecule has 0 atom stereocenters. The SMILES string of the molecule is OCC1(CCCOCc2ccccc2)CC1. The Hall–Kier alpha value is -0.860. The van der Waals surface area contributed by atoms with Crippen molar-refractivity contribution in [3.8, 4) is 0 Å². The number of hydrogen-bond donors (Lipinski definition) is 1. The Morgan fingerprint density at radius 3 is 2.56 bits per heavy atom. The number of rotatable bonds is 7. The molecule has 0 spiro atoms. The molecule has 0 aromatic heterocycles. The first-order chi connectivity index (χ1) is 7.85. The van der Waals surface area contributed by atoms with Crippen molar-refractivity contribution in [3.63, 3.8) is 0 Å². The molecule has 0 saturated heterocycles. The summed E-state index contributed by atoms with van der Waals surface area (Å²) < 4.78 is 5.61. The van der Waals surface area contributed by atoms with Crippen molar-refractivity contribution >= 4 is 0 Å². The van der Waals surface area contributed by atoms with Crippen molar-refractivity contribution in [1.29, 1.82) is 0 Å². The second-order valence-electron chi connectivity index (χ2n) is 4.80. The minimum atomic E-state index is 0.274. The lowest BCUT2D eigenvalue weighted by atomic mass is 10.0. The normalized spacial score (nSPS) is 17.3. The molecule has 16 heavy (non-hydrogen) atoms. The summed E-state index contributed by atoms with van der Waals surface area (Å²) in [5, 5.41) is 9.15. The summed E-state index contributed by atoms with van der Waals surface area (Å²) in [5.41, 5.74) is 1.50. The van der Waals surface area contributed by atoms with Gasteiger partial charge in [-0.2, -0.15) is 0 Å². The van der Waals surface area contributed by atoms with Gasteiger partial charge in [0, 0.05) is 13.2 Å². The van der Waals surface area contributed by atoms with E-state index in [9.17, 15) is 0 Å². The Bertz CT molecular complexity index is 304. The molecule has 1 saturated carbocycles. The van der Waals surface area contributed by atoms with E-state index < -0.39 is 0 Å². The summed E-state index contributed by atoms with van der Waals surface area (Å²) in [6.45, 7) is 1.86. The molecule has 1 N–H and O–H groups in total. The largest absolute Gasteiger partial charge is 0.396 e. The van der Waals surface area contributed by atoms with Crippen LogP contribution in [0.2, 0.25) is 0 Å². The van der Waals surface area contributed by atoms with E-state index in [0.717, 1.165) is 19.4 Å². The van der Waals surface area contributed by atoms with E-state index in [-0.39, 0.29) is 5.41 Å². The third-order valence-electron chi connectivity index (χ3n) is 3.40. The van der Waals surface area contributed by atoms with Crippen LogP contribution in [0.4, 0.5) is 0 Å². The fourth-order valence-corrected chi connectivity index (χ4v) is 1.98. The van der Waals surface area contributed by atoms with Crippen molar-refractivity contribution in [2.75, 3.05) is 13.2 Å². The Morgan fingerprint density at radius 1 is 1.19 bits per heavy atom. The van der Waals surface area contributed by atoms with E-state index in [1.165, 1.54) is 18.4 Å². The number of hydrogen-bond acceptors (Lipinski definition) is 2. The summed E-state index contributed by atoms with van der Waals surface area (Å²) in [6.07, 6.45) is 4.57. The molecular weight excluding hydrogens is 200 g/mol. The maximum absolute atomic E-state index is 9.15.